The first kappa shape index (κ1) is 16.8. The third-order valence-corrected chi connectivity index (χ3v) is 3.38. The molecule has 0 aliphatic heterocycles. The van der Waals surface area contributed by atoms with E-state index in [2.05, 4.69) is 0 Å². The smallest absolute Gasteiger partial charge is 0.263 e. The zero-order valence-corrected chi connectivity index (χ0v) is 13.1. The van der Waals surface area contributed by atoms with Crippen LogP contribution in [0.4, 0.5) is 0 Å². The number of carbonyl (C=O) groups excluding carboxylic acids is 1. The standard InChI is InChI=1S/C15H22ClNO3/c1-5-17(6-2)15(19)11(4)20-14-8-7-12(16)9-13(14)10(3)18/h7-11,18H,5-6H2,1-4H3/t10-,11?/m0/s1. The van der Waals surface area contributed by atoms with Crippen LogP contribution in [0.2, 0.25) is 5.02 Å². The van der Waals surface area contributed by atoms with Gasteiger partial charge >= 0.3 is 0 Å². The van der Waals surface area contributed by atoms with Gasteiger partial charge in [-0.1, -0.05) is 11.6 Å². The molecule has 0 saturated heterocycles. The fraction of sp³-hybridized carbons (Fsp3) is 0.533. The van der Waals surface area contributed by atoms with Gasteiger partial charge < -0.3 is 14.7 Å². The maximum Gasteiger partial charge on any atom is 0.263 e. The number of amides is 1. The first-order valence-electron chi connectivity index (χ1n) is 6.83. The van der Waals surface area contributed by atoms with Crippen LogP contribution in [-0.2, 0) is 4.79 Å². The molecule has 5 heteroatoms. The fourth-order valence-electron chi connectivity index (χ4n) is 1.99. The highest BCUT2D eigenvalue weighted by molar-refractivity contribution is 6.30. The van der Waals surface area contributed by atoms with Gasteiger partial charge in [0, 0.05) is 23.7 Å². The lowest BCUT2D eigenvalue weighted by Crippen LogP contribution is -2.40. The fourth-order valence-corrected chi connectivity index (χ4v) is 2.17. The van der Waals surface area contributed by atoms with Crippen LogP contribution < -0.4 is 4.74 Å². The summed E-state index contributed by atoms with van der Waals surface area (Å²) in [6.07, 6.45) is -1.31. The van der Waals surface area contributed by atoms with Crippen LogP contribution in [0.1, 0.15) is 39.4 Å². The molecule has 0 bridgehead atoms. The maximum absolute atomic E-state index is 12.2. The number of likely N-dealkylation sites (N-methyl/N-ethyl adjacent to an activating group) is 1. The predicted octanol–water partition coefficient (Wildman–Crippen LogP) is 3.03. The lowest BCUT2D eigenvalue weighted by Gasteiger charge is -2.24. The summed E-state index contributed by atoms with van der Waals surface area (Å²) in [6.45, 7) is 8.49. The molecule has 4 nitrogen and oxygen atoms in total. The molecule has 0 aromatic heterocycles. The molecule has 1 N–H and O–H groups in total. The Kier molecular flexibility index (Phi) is 6.30. The summed E-state index contributed by atoms with van der Waals surface area (Å²) < 4.78 is 5.70. The number of carbonyl (C=O) groups is 1. The first-order valence-corrected chi connectivity index (χ1v) is 7.21. The zero-order valence-electron chi connectivity index (χ0n) is 12.4. The summed E-state index contributed by atoms with van der Waals surface area (Å²) in [5.41, 5.74) is 0.580. The highest BCUT2D eigenvalue weighted by Gasteiger charge is 2.21. The SMILES string of the molecule is CCN(CC)C(=O)C(C)Oc1ccc(Cl)cc1[C@H](C)O. The van der Waals surface area contributed by atoms with Gasteiger partial charge in [-0.3, -0.25) is 4.79 Å². The van der Waals surface area contributed by atoms with Gasteiger partial charge in [0.2, 0.25) is 0 Å². The predicted molar refractivity (Wildman–Crippen MR) is 80.1 cm³/mol. The molecule has 20 heavy (non-hydrogen) atoms. The number of halogens is 1. The van der Waals surface area contributed by atoms with Crippen molar-refractivity contribution in [3.63, 3.8) is 0 Å². The number of benzene rings is 1. The van der Waals surface area contributed by atoms with Crippen molar-refractivity contribution in [2.45, 2.75) is 39.9 Å². The van der Waals surface area contributed by atoms with Crippen molar-refractivity contribution in [3.8, 4) is 5.75 Å². The van der Waals surface area contributed by atoms with Crippen LogP contribution >= 0.6 is 11.6 Å². The lowest BCUT2D eigenvalue weighted by atomic mass is 10.1. The normalized spacial score (nSPS) is 13.7. The van der Waals surface area contributed by atoms with Gasteiger partial charge in [0.15, 0.2) is 6.10 Å². The van der Waals surface area contributed by atoms with Crippen LogP contribution in [0.5, 0.6) is 5.75 Å². The summed E-state index contributed by atoms with van der Waals surface area (Å²) in [6, 6.07) is 5.00. The molecule has 1 rings (SSSR count). The van der Waals surface area contributed by atoms with E-state index in [1.54, 1.807) is 36.9 Å². The van der Waals surface area contributed by atoms with E-state index < -0.39 is 12.2 Å². The van der Waals surface area contributed by atoms with E-state index in [0.29, 0.717) is 29.4 Å². The van der Waals surface area contributed by atoms with Crippen molar-refractivity contribution in [2.75, 3.05) is 13.1 Å². The zero-order chi connectivity index (χ0) is 15.3. The Balaban J connectivity index is 2.90. The number of ether oxygens (including phenoxy) is 1. The molecule has 1 aromatic rings. The molecule has 0 heterocycles. The highest BCUT2D eigenvalue weighted by Crippen LogP contribution is 2.29. The first-order chi connectivity index (χ1) is 9.40. The van der Waals surface area contributed by atoms with Crippen molar-refractivity contribution in [3.05, 3.63) is 28.8 Å². The van der Waals surface area contributed by atoms with Crippen LogP contribution in [-0.4, -0.2) is 35.1 Å². The van der Waals surface area contributed by atoms with E-state index in [1.165, 1.54) is 0 Å². The monoisotopic (exact) mass is 299 g/mol. The summed E-state index contributed by atoms with van der Waals surface area (Å²) >= 11 is 5.91. The average molecular weight is 300 g/mol. The van der Waals surface area contributed by atoms with Crippen molar-refractivity contribution >= 4 is 17.5 Å². The molecule has 0 saturated carbocycles. The Morgan fingerprint density at radius 2 is 1.95 bits per heavy atom. The van der Waals surface area contributed by atoms with Crippen molar-refractivity contribution < 1.29 is 14.6 Å². The van der Waals surface area contributed by atoms with E-state index in [-0.39, 0.29) is 5.91 Å². The Morgan fingerprint density at radius 1 is 1.35 bits per heavy atom. The Labute approximate surface area is 125 Å². The Bertz CT molecular complexity index is 458. The second kappa shape index (κ2) is 7.50. The second-order valence-electron chi connectivity index (χ2n) is 4.63. The minimum Gasteiger partial charge on any atom is -0.481 e. The van der Waals surface area contributed by atoms with E-state index in [1.807, 2.05) is 13.8 Å². The number of aliphatic hydroxyl groups excluding tert-OH is 1. The largest absolute Gasteiger partial charge is 0.481 e. The van der Waals surface area contributed by atoms with Gasteiger partial charge in [0.1, 0.15) is 5.75 Å². The number of hydrogen-bond acceptors (Lipinski definition) is 3. The minimum atomic E-state index is -0.709. The third-order valence-electron chi connectivity index (χ3n) is 3.15. The van der Waals surface area contributed by atoms with Crippen molar-refractivity contribution in [2.24, 2.45) is 0 Å². The van der Waals surface area contributed by atoms with Gasteiger partial charge in [-0.25, -0.2) is 0 Å². The van der Waals surface area contributed by atoms with Crippen LogP contribution in [0.15, 0.2) is 18.2 Å². The number of rotatable bonds is 6. The van der Waals surface area contributed by atoms with Gasteiger partial charge in [0.25, 0.3) is 5.91 Å². The quantitative estimate of drug-likeness (QED) is 0.878. The van der Waals surface area contributed by atoms with Gasteiger partial charge in [0.05, 0.1) is 6.10 Å². The molecular formula is C15H22ClNO3. The van der Waals surface area contributed by atoms with Crippen LogP contribution in [0.25, 0.3) is 0 Å². The van der Waals surface area contributed by atoms with E-state index in [4.69, 9.17) is 16.3 Å². The summed E-state index contributed by atoms with van der Waals surface area (Å²) in [4.78, 5) is 13.9. The molecule has 0 spiro atoms. The van der Waals surface area contributed by atoms with Crippen LogP contribution in [0.3, 0.4) is 0 Å². The van der Waals surface area contributed by atoms with E-state index >= 15 is 0 Å². The third kappa shape index (κ3) is 4.12. The van der Waals surface area contributed by atoms with Gasteiger partial charge in [-0.05, 0) is 45.9 Å². The molecule has 0 radical (unpaired) electrons. The van der Waals surface area contributed by atoms with Gasteiger partial charge in [-0.2, -0.15) is 0 Å². The van der Waals surface area contributed by atoms with E-state index in [0.717, 1.165) is 0 Å². The molecule has 1 amide bonds. The molecule has 0 aliphatic rings. The van der Waals surface area contributed by atoms with E-state index in [9.17, 15) is 9.90 Å². The molecule has 0 fully saturated rings. The van der Waals surface area contributed by atoms with Crippen molar-refractivity contribution in [1.29, 1.82) is 0 Å². The summed E-state index contributed by atoms with van der Waals surface area (Å²) in [5, 5.41) is 10.3. The molecule has 1 aromatic carbocycles. The van der Waals surface area contributed by atoms with Gasteiger partial charge in [-0.15, -0.1) is 0 Å². The minimum absolute atomic E-state index is 0.0681. The maximum atomic E-state index is 12.2. The molecule has 112 valence electrons. The highest BCUT2D eigenvalue weighted by atomic mass is 35.5. The Hall–Kier alpha value is -1.26. The van der Waals surface area contributed by atoms with Crippen LogP contribution in [0, 0.1) is 0 Å². The number of aliphatic hydroxyl groups is 1. The lowest BCUT2D eigenvalue weighted by molar-refractivity contribution is -0.137. The summed E-state index contributed by atoms with van der Waals surface area (Å²) in [7, 11) is 0. The molecule has 1 unspecified atom stereocenters. The second-order valence-corrected chi connectivity index (χ2v) is 5.07. The topological polar surface area (TPSA) is 49.8 Å². The molecule has 0 aliphatic carbocycles. The molecular weight excluding hydrogens is 278 g/mol. The number of hydrogen-bond donors (Lipinski definition) is 1. The number of nitrogens with zero attached hydrogens (tertiary/aromatic N) is 1. The average Bonchev–Trinajstić information content (AvgIpc) is 2.41. The molecule has 2 atom stereocenters. The summed E-state index contributed by atoms with van der Waals surface area (Å²) in [5.74, 6) is 0.416. The van der Waals surface area contributed by atoms with Crippen molar-refractivity contribution in [1.82, 2.24) is 4.90 Å². The Morgan fingerprint density at radius 3 is 2.45 bits per heavy atom.